The van der Waals surface area contributed by atoms with Crippen molar-refractivity contribution in [1.29, 1.82) is 0 Å². The van der Waals surface area contributed by atoms with Gasteiger partial charge < -0.3 is 10.1 Å². The van der Waals surface area contributed by atoms with Crippen LogP contribution in [-0.4, -0.2) is 19.1 Å². The van der Waals surface area contributed by atoms with E-state index >= 15 is 0 Å². The van der Waals surface area contributed by atoms with Crippen molar-refractivity contribution in [3.63, 3.8) is 0 Å². The molecule has 0 saturated heterocycles. The zero-order valence-electron chi connectivity index (χ0n) is 11.9. The van der Waals surface area contributed by atoms with Gasteiger partial charge in [-0.1, -0.05) is 26.0 Å². The Kier molecular flexibility index (Phi) is 4.83. The van der Waals surface area contributed by atoms with Crippen LogP contribution in [-0.2, 0) is 17.6 Å². The molecule has 1 aliphatic rings. The first-order valence-electron chi connectivity index (χ1n) is 7.19. The fourth-order valence-electron chi connectivity index (χ4n) is 2.42. The highest BCUT2D eigenvalue weighted by molar-refractivity contribution is 5.77. The first kappa shape index (κ1) is 13.9. The lowest BCUT2D eigenvalue weighted by Crippen LogP contribution is -2.31. The molecule has 0 unspecified atom stereocenters. The molecule has 1 aromatic carbocycles. The number of hydrogen-bond donors (Lipinski definition) is 1. The van der Waals surface area contributed by atoms with Crippen molar-refractivity contribution in [2.45, 2.75) is 39.5 Å². The van der Waals surface area contributed by atoms with Gasteiger partial charge in [0.2, 0.25) is 5.91 Å². The van der Waals surface area contributed by atoms with Crippen LogP contribution < -0.4 is 10.1 Å². The van der Waals surface area contributed by atoms with Crippen LogP contribution in [0.1, 0.15) is 37.8 Å². The molecule has 0 atom stereocenters. The third kappa shape index (κ3) is 3.72. The zero-order valence-corrected chi connectivity index (χ0v) is 11.9. The first-order chi connectivity index (χ1) is 9.18. The predicted molar refractivity (Wildman–Crippen MR) is 76.4 cm³/mol. The van der Waals surface area contributed by atoms with Crippen molar-refractivity contribution in [1.82, 2.24) is 5.32 Å². The van der Waals surface area contributed by atoms with Gasteiger partial charge in [0.15, 0.2) is 0 Å². The summed E-state index contributed by atoms with van der Waals surface area (Å²) in [5.74, 6) is 1.11. The summed E-state index contributed by atoms with van der Waals surface area (Å²) in [6.45, 7) is 4.89. The van der Waals surface area contributed by atoms with Crippen LogP contribution >= 0.6 is 0 Å². The molecule has 0 fully saturated rings. The van der Waals surface area contributed by atoms with Crippen molar-refractivity contribution < 1.29 is 9.53 Å². The fourth-order valence-corrected chi connectivity index (χ4v) is 2.42. The number of amides is 1. The molecule has 0 aliphatic heterocycles. The Balaban J connectivity index is 1.85. The molecule has 3 heteroatoms. The van der Waals surface area contributed by atoms with Gasteiger partial charge in [-0.05, 0) is 42.9 Å². The lowest BCUT2D eigenvalue weighted by molar-refractivity contribution is -0.124. The standard InChI is InChI=1S/C16H23NO2/c1-12(2)16(18)17-10-11-19-15-9-5-7-13-6-3-4-8-14(13)15/h5,7,9,12H,3-4,6,8,10-11H2,1-2H3,(H,17,18). The molecular weight excluding hydrogens is 238 g/mol. The van der Waals surface area contributed by atoms with E-state index in [1.54, 1.807) is 0 Å². The van der Waals surface area contributed by atoms with Crippen molar-refractivity contribution in [2.24, 2.45) is 5.92 Å². The molecule has 1 aromatic rings. The monoisotopic (exact) mass is 261 g/mol. The number of ether oxygens (including phenoxy) is 1. The minimum Gasteiger partial charge on any atom is -0.491 e. The van der Waals surface area contributed by atoms with Gasteiger partial charge in [0, 0.05) is 5.92 Å². The molecule has 0 aromatic heterocycles. The minimum absolute atomic E-state index is 0.0319. The molecule has 1 amide bonds. The highest BCUT2D eigenvalue weighted by Crippen LogP contribution is 2.29. The van der Waals surface area contributed by atoms with Crippen LogP contribution in [0.4, 0.5) is 0 Å². The molecule has 0 saturated carbocycles. The highest BCUT2D eigenvalue weighted by Gasteiger charge is 2.13. The molecule has 1 aliphatic carbocycles. The molecular formula is C16H23NO2. The van der Waals surface area contributed by atoms with E-state index in [-0.39, 0.29) is 11.8 Å². The summed E-state index contributed by atoms with van der Waals surface area (Å²) in [6, 6.07) is 6.29. The normalized spacial score (nSPS) is 14.1. The van der Waals surface area contributed by atoms with Gasteiger partial charge in [-0.25, -0.2) is 0 Å². The van der Waals surface area contributed by atoms with Crippen LogP contribution in [0.2, 0.25) is 0 Å². The average Bonchev–Trinajstić information content (AvgIpc) is 2.43. The molecule has 2 rings (SSSR count). The Labute approximate surface area is 115 Å². The number of aryl methyl sites for hydroxylation is 1. The van der Waals surface area contributed by atoms with Crippen molar-refractivity contribution >= 4 is 5.91 Å². The molecule has 0 radical (unpaired) electrons. The summed E-state index contributed by atoms with van der Waals surface area (Å²) in [6.07, 6.45) is 4.80. The predicted octanol–water partition coefficient (Wildman–Crippen LogP) is 2.72. The van der Waals surface area contributed by atoms with Gasteiger partial charge in [-0.15, -0.1) is 0 Å². The quantitative estimate of drug-likeness (QED) is 0.828. The van der Waals surface area contributed by atoms with Crippen LogP contribution in [0.15, 0.2) is 18.2 Å². The van der Waals surface area contributed by atoms with Gasteiger partial charge in [-0.3, -0.25) is 4.79 Å². The maximum atomic E-state index is 11.4. The second-order valence-corrected chi connectivity index (χ2v) is 5.40. The summed E-state index contributed by atoms with van der Waals surface area (Å²) in [5.41, 5.74) is 2.79. The molecule has 3 nitrogen and oxygen atoms in total. The number of benzene rings is 1. The average molecular weight is 261 g/mol. The maximum absolute atomic E-state index is 11.4. The zero-order chi connectivity index (χ0) is 13.7. The Hall–Kier alpha value is -1.51. The third-order valence-corrected chi connectivity index (χ3v) is 3.54. The maximum Gasteiger partial charge on any atom is 0.222 e. The number of carbonyl (C=O) groups is 1. The molecule has 0 heterocycles. The van der Waals surface area contributed by atoms with Gasteiger partial charge in [0.25, 0.3) is 0 Å². The largest absolute Gasteiger partial charge is 0.491 e. The van der Waals surface area contributed by atoms with Crippen LogP contribution in [0.3, 0.4) is 0 Å². The molecule has 19 heavy (non-hydrogen) atoms. The van der Waals surface area contributed by atoms with E-state index in [0.29, 0.717) is 13.2 Å². The Morgan fingerprint density at radius 2 is 2.11 bits per heavy atom. The number of fused-ring (bicyclic) bond motifs is 1. The number of nitrogens with one attached hydrogen (secondary N) is 1. The Bertz CT molecular complexity index is 440. The van der Waals surface area contributed by atoms with Gasteiger partial charge in [0.1, 0.15) is 12.4 Å². The molecule has 104 valence electrons. The number of rotatable bonds is 5. The lowest BCUT2D eigenvalue weighted by atomic mass is 9.91. The van der Waals surface area contributed by atoms with E-state index < -0.39 is 0 Å². The van der Waals surface area contributed by atoms with E-state index in [0.717, 1.165) is 18.6 Å². The lowest BCUT2D eigenvalue weighted by Gasteiger charge is -2.19. The van der Waals surface area contributed by atoms with Crippen molar-refractivity contribution in [3.8, 4) is 5.75 Å². The van der Waals surface area contributed by atoms with Gasteiger partial charge in [-0.2, -0.15) is 0 Å². The first-order valence-corrected chi connectivity index (χ1v) is 7.19. The Morgan fingerprint density at radius 1 is 1.32 bits per heavy atom. The summed E-state index contributed by atoms with van der Waals surface area (Å²) in [4.78, 5) is 11.4. The minimum atomic E-state index is 0.0319. The molecule has 1 N–H and O–H groups in total. The van der Waals surface area contributed by atoms with Crippen LogP contribution in [0.25, 0.3) is 0 Å². The SMILES string of the molecule is CC(C)C(=O)NCCOc1cccc2c1CCCC2. The van der Waals surface area contributed by atoms with Crippen molar-refractivity contribution in [2.75, 3.05) is 13.2 Å². The fraction of sp³-hybridized carbons (Fsp3) is 0.562. The third-order valence-electron chi connectivity index (χ3n) is 3.54. The highest BCUT2D eigenvalue weighted by atomic mass is 16.5. The smallest absolute Gasteiger partial charge is 0.222 e. The number of carbonyl (C=O) groups excluding carboxylic acids is 1. The van der Waals surface area contributed by atoms with E-state index in [1.807, 2.05) is 19.9 Å². The van der Waals surface area contributed by atoms with Crippen LogP contribution in [0.5, 0.6) is 5.75 Å². The summed E-state index contributed by atoms with van der Waals surface area (Å²) < 4.78 is 5.82. The summed E-state index contributed by atoms with van der Waals surface area (Å²) in [5, 5.41) is 2.87. The molecule has 0 spiro atoms. The van der Waals surface area contributed by atoms with E-state index in [1.165, 1.54) is 24.0 Å². The summed E-state index contributed by atoms with van der Waals surface area (Å²) >= 11 is 0. The topological polar surface area (TPSA) is 38.3 Å². The van der Waals surface area contributed by atoms with E-state index in [4.69, 9.17) is 4.74 Å². The number of hydrogen-bond acceptors (Lipinski definition) is 2. The van der Waals surface area contributed by atoms with Gasteiger partial charge in [0.05, 0.1) is 6.54 Å². The van der Waals surface area contributed by atoms with Crippen LogP contribution in [0, 0.1) is 5.92 Å². The van der Waals surface area contributed by atoms with Gasteiger partial charge >= 0.3 is 0 Å². The van der Waals surface area contributed by atoms with E-state index in [9.17, 15) is 4.79 Å². The second-order valence-electron chi connectivity index (χ2n) is 5.40. The Morgan fingerprint density at radius 3 is 2.89 bits per heavy atom. The van der Waals surface area contributed by atoms with Crippen molar-refractivity contribution in [3.05, 3.63) is 29.3 Å². The molecule has 0 bridgehead atoms. The van der Waals surface area contributed by atoms with E-state index in [2.05, 4.69) is 17.4 Å². The summed E-state index contributed by atoms with van der Waals surface area (Å²) in [7, 11) is 0. The second kappa shape index (κ2) is 6.60.